The number of anilines is 1. The fraction of sp³-hybridized carbons (Fsp3) is 0.115. The van der Waals surface area contributed by atoms with E-state index >= 15 is 0 Å². The summed E-state index contributed by atoms with van der Waals surface area (Å²) in [6, 6.07) is 19.2. The number of hydrogen-bond donors (Lipinski definition) is 2. The number of fused-ring (bicyclic) bond motifs is 1. The lowest BCUT2D eigenvalue weighted by atomic mass is 9.92. The molecule has 0 amide bonds. The standard InChI is InChI=1S/C26H22N2O5S/c1-16(2)17-10-12-20(13-11-17)34(32,33)28-23-15-24(25(29)22-9-4-3-8-21(22)23)27-19-7-5-6-18(14-19)26(30)31/h3-16,27H,1-2H3,(H,30,31). The maximum atomic E-state index is 13.1. The summed E-state index contributed by atoms with van der Waals surface area (Å²) in [4.78, 5) is 24.4. The van der Waals surface area contributed by atoms with Crippen LogP contribution in [-0.2, 0) is 10.0 Å². The Kier molecular flexibility index (Phi) is 6.17. The largest absolute Gasteiger partial charge is 0.478 e. The van der Waals surface area contributed by atoms with Gasteiger partial charge in [-0.1, -0.05) is 56.3 Å². The van der Waals surface area contributed by atoms with E-state index in [2.05, 4.69) is 9.71 Å². The average Bonchev–Trinajstić information content (AvgIpc) is 2.82. The smallest absolute Gasteiger partial charge is 0.335 e. The fourth-order valence-electron chi connectivity index (χ4n) is 3.59. The van der Waals surface area contributed by atoms with Crippen LogP contribution in [-0.4, -0.2) is 31.0 Å². The summed E-state index contributed by atoms with van der Waals surface area (Å²) in [6.45, 7) is 4.04. The maximum Gasteiger partial charge on any atom is 0.335 e. The first kappa shape index (κ1) is 23.1. The van der Waals surface area contributed by atoms with Crippen LogP contribution < -0.4 is 5.32 Å². The van der Waals surface area contributed by atoms with Crippen molar-refractivity contribution in [3.05, 3.63) is 107 Å². The predicted molar refractivity (Wildman–Crippen MR) is 130 cm³/mol. The molecule has 0 aliphatic heterocycles. The Labute approximate surface area is 197 Å². The highest BCUT2D eigenvalue weighted by Crippen LogP contribution is 2.26. The molecule has 34 heavy (non-hydrogen) atoms. The maximum absolute atomic E-state index is 13.1. The number of carboxylic acid groups (broad SMARTS) is 1. The van der Waals surface area contributed by atoms with E-state index in [-0.39, 0.29) is 33.6 Å². The van der Waals surface area contributed by atoms with Gasteiger partial charge in [0.2, 0.25) is 5.78 Å². The van der Waals surface area contributed by atoms with Crippen LogP contribution in [0.2, 0.25) is 0 Å². The molecule has 0 heterocycles. The Morgan fingerprint density at radius 1 is 0.941 bits per heavy atom. The lowest BCUT2D eigenvalue weighted by Crippen LogP contribution is -2.22. The molecule has 3 aromatic rings. The third-order valence-electron chi connectivity index (χ3n) is 5.43. The van der Waals surface area contributed by atoms with Gasteiger partial charge < -0.3 is 10.4 Å². The molecule has 0 saturated carbocycles. The van der Waals surface area contributed by atoms with Crippen LogP contribution in [0.1, 0.15) is 51.6 Å². The Bertz CT molecular complexity index is 1450. The van der Waals surface area contributed by atoms with Gasteiger partial charge in [-0.2, -0.15) is 12.8 Å². The van der Waals surface area contributed by atoms with Crippen LogP contribution in [0.15, 0.2) is 93.9 Å². The van der Waals surface area contributed by atoms with Crippen molar-refractivity contribution in [2.45, 2.75) is 24.7 Å². The number of aromatic carboxylic acids is 1. The molecule has 0 atom stereocenters. The lowest BCUT2D eigenvalue weighted by Gasteiger charge is -2.19. The topological polar surface area (TPSA) is 113 Å². The molecule has 0 aromatic heterocycles. The minimum Gasteiger partial charge on any atom is -0.478 e. The molecule has 0 bridgehead atoms. The first-order valence-corrected chi connectivity index (χ1v) is 12.0. The van der Waals surface area contributed by atoms with E-state index in [1.807, 2.05) is 13.8 Å². The van der Waals surface area contributed by atoms with Gasteiger partial charge in [-0.25, -0.2) is 4.79 Å². The Morgan fingerprint density at radius 2 is 1.62 bits per heavy atom. The van der Waals surface area contributed by atoms with Crippen LogP contribution in [0.25, 0.3) is 0 Å². The van der Waals surface area contributed by atoms with E-state index in [9.17, 15) is 23.1 Å². The summed E-state index contributed by atoms with van der Waals surface area (Å²) in [5.74, 6) is -1.20. The summed E-state index contributed by atoms with van der Waals surface area (Å²) in [5, 5.41) is 12.1. The van der Waals surface area contributed by atoms with Crippen molar-refractivity contribution in [3.63, 3.8) is 0 Å². The van der Waals surface area contributed by atoms with Crippen molar-refractivity contribution in [1.29, 1.82) is 0 Å². The molecule has 4 rings (SSSR count). The molecular formula is C26H22N2O5S. The van der Waals surface area contributed by atoms with Gasteiger partial charge in [0.25, 0.3) is 10.0 Å². The van der Waals surface area contributed by atoms with E-state index in [1.165, 1.54) is 30.3 Å². The highest BCUT2D eigenvalue weighted by molar-refractivity contribution is 7.90. The van der Waals surface area contributed by atoms with Gasteiger partial charge >= 0.3 is 5.97 Å². The van der Waals surface area contributed by atoms with Crippen LogP contribution in [0, 0.1) is 0 Å². The van der Waals surface area contributed by atoms with Crippen molar-refractivity contribution in [2.75, 3.05) is 5.32 Å². The first-order valence-electron chi connectivity index (χ1n) is 10.6. The van der Waals surface area contributed by atoms with Gasteiger partial charge in [-0.3, -0.25) is 4.79 Å². The Hall–Kier alpha value is -4.04. The molecule has 0 radical (unpaired) electrons. The molecule has 0 unspecified atom stereocenters. The van der Waals surface area contributed by atoms with E-state index in [0.717, 1.165) is 5.56 Å². The van der Waals surface area contributed by atoms with Gasteiger partial charge in [0.05, 0.1) is 21.9 Å². The van der Waals surface area contributed by atoms with E-state index in [1.54, 1.807) is 48.5 Å². The van der Waals surface area contributed by atoms with Crippen molar-refractivity contribution >= 4 is 33.2 Å². The number of Topliss-reactive ketones (excluding diaryl/α,β-unsaturated/α-hetero) is 1. The molecule has 7 nitrogen and oxygen atoms in total. The number of ketones is 1. The second-order valence-electron chi connectivity index (χ2n) is 8.12. The van der Waals surface area contributed by atoms with Crippen molar-refractivity contribution in [1.82, 2.24) is 0 Å². The highest BCUT2D eigenvalue weighted by Gasteiger charge is 2.26. The number of hydrogen-bond acceptors (Lipinski definition) is 5. The number of carboxylic acids is 1. The molecular weight excluding hydrogens is 452 g/mol. The van der Waals surface area contributed by atoms with E-state index in [4.69, 9.17) is 0 Å². The minimum atomic E-state index is -4.05. The van der Waals surface area contributed by atoms with E-state index in [0.29, 0.717) is 16.8 Å². The number of carbonyl (C=O) groups excluding carboxylic acids is 1. The monoisotopic (exact) mass is 474 g/mol. The third-order valence-corrected chi connectivity index (χ3v) is 6.73. The molecule has 8 heteroatoms. The Balaban J connectivity index is 1.77. The normalized spacial score (nSPS) is 14.6. The summed E-state index contributed by atoms with van der Waals surface area (Å²) >= 11 is 0. The van der Waals surface area contributed by atoms with Gasteiger partial charge in [0.15, 0.2) is 0 Å². The number of allylic oxidation sites excluding steroid dienone is 2. The second-order valence-corrected chi connectivity index (χ2v) is 9.72. The van der Waals surface area contributed by atoms with Gasteiger partial charge in [0.1, 0.15) is 0 Å². The molecule has 172 valence electrons. The first-order chi connectivity index (χ1) is 16.2. The number of sulfonamides is 1. The summed E-state index contributed by atoms with van der Waals surface area (Å²) < 4.78 is 30.2. The lowest BCUT2D eigenvalue weighted by molar-refractivity contribution is 0.0696. The van der Waals surface area contributed by atoms with Crippen molar-refractivity contribution < 1.29 is 23.1 Å². The van der Waals surface area contributed by atoms with Gasteiger partial charge in [0, 0.05) is 16.8 Å². The zero-order valence-corrected chi connectivity index (χ0v) is 19.3. The minimum absolute atomic E-state index is 0.0515. The van der Waals surface area contributed by atoms with E-state index < -0.39 is 16.0 Å². The average molecular weight is 475 g/mol. The third kappa shape index (κ3) is 4.67. The molecule has 0 spiro atoms. The molecule has 0 fully saturated rings. The van der Waals surface area contributed by atoms with Crippen LogP contribution in [0.5, 0.6) is 0 Å². The predicted octanol–water partition coefficient (Wildman–Crippen LogP) is 4.88. The SMILES string of the molecule is CC(C)c1ccc(S(=O)(=O)N=C2C=C(Nc3cccc(C(=O)O)c3)C(=O)c3ccccc32)cc1. The summed E-state index contributed by atoms with van der Waals surface area (Å²) in [6.07, 6.45) is 1.37. The zero-order valence-electron chi connectivity index (χ0n) is 18.5. The highest BCUT2D eigenvalue weighted by atomic mass is 32.2. The van der Waals surface area contributed by atoms with Crippen LogP contribution in [0.4, 0.5) is 5.69 Å². The second kappa shape index (κ2) is 9.07. The van der Waals surface area contributed by atoms with Crippen molar-refractivity contribution in [3.8, 4) is 0 Å². The fourth-order valence-corrected chi connectivity index (χ4v) is 4.59. The number of carbonyl (C=O) groups is 2. The molecule has 0 saturated heterocycles. The Morgan fingerprint density at radius 3 is 2.26 bits per heavy atom. The molecule has 1 aliphatic carbocycles. The molecule has 1 aliphatic rings. The summed E-state index contributed by atoms with van der Waals surface area (Å²) in [5.41, 5.74) is 2.34. The number of benzene rings is 3. The molecule has 3 aromatic carbocycles. The van der Waals surface area contributed by atoms with Crippen LogP contribution in [0.3, 0.4) is 0 Å². The van der Waals surface area contributed by atoms with Gasteiger partial charge in [-0.05, 0) is 47.9 Å². The quantitative estimate of drug-likeness (QED) is 0.527. The molecule has 2 N–H and O–H groups in total. The van der Waals surface area contributed by atoms with Gasteiger partial charge in [-0.15, -0.1) is 0 Å². The number of nitrogens with one attached hydrogen (secondary N) is 1. The zero-order chi connectivity index (χ0) is 24.5. The number of nitrogens with zero attached hydrogens (tertiary/aromatic N) is 1. The number of rotatable bonds is 6. The summed E-state index contributed by atoms with van der Waals surface area (Å²) in [7, 11) is -4.05. The van der Waals surface area contributed by atoms with Crippen LogP contribution >= 0.6 is 0 Å². The van der Waals surface area contributed by atoms with Crippen molar-refractivity contribution in [2.24, 2.45) is 4.40 Å².